The molecule has 27 heavy (non-hydrogen) atoms. The van der Waals surface area contributed by atoms with Crippen molar-refractivity contribution in [3.8, 4) is 0 Å². The van der Waals surface area contributed by atoms with Crippen LogP contribution in [-0.2, 0) is 42.1 Å². The smallest absolute Gasteiger partial charge is 0.372 e. The molecule has 2 rings (SSSR count). The quantitative estimate of drug-likeness (QED) is 0.357. The van der Waals surface area contributed by atoms with Gasteiger partial charge in [0.2, 0.25) is 0 Å². The lowest BCUT2D eigenvalue weighted by molar-refractivity contribution is -0.139. The Hall–Kier alpha value is -1.44. The first-order valence-electron chi connectivity index (χ1n) is 7.65. The van der Waals surface area contributed by atoms with Crippen LogP contribution in [0.1, 0.15) is 33.4 Å². The van der Waals surface area contributed by atoms with Crippen molar-refractivity contribution in [2.24, 2.45) is 0 Å². The van der Waals surface area contributed by atoms with E-state index in [4.69, 9.17) is 27.9 Å². The Kier molecular flexibility index (Phi) is 7.05. The highest BCUT2D eigenvalue weighted by Gasteiger charge is 2.34. The Morgan fingerprint density at radius 1 is 0.667 bits per heavy atom. The van der Waals surface area contributed by atoms with Crippen LogP contribution in [0.5, 0.6) is 0 Å². The lowest BCUT2D eigenvalue weighted by atomic mass is 10.0. The van der Waals surface area contributed by atoms with E-state index in [9.17, 15) is 26.3 Å². The van der Waals surface area contributed by atoms with Crippen LogP contribution in [0.25, 0.3) is 0 Å². The third kappa shape index (κ3) is 5.30. The summed E-state index contributed by atoms with van der Waals surface area (Å²) in [7, 11) is 0. The summed E-state index contributed by atoms with van der Waals surface area (Å²) in [5.74, 6) is -0.740. The van der Waals surface area contributed by atoms with E-state index in [0.717, 1.165) is 12.1 Å². The number of benzene rings is 2. The van der Waals surface area contributed by atoms with E-state index in [2.05, 4.69) is 0 Å². The number of alkyl halides is 8. The van der Waals surface area contributed by atoms with Gasteiger partial charge in [0.15, 0.2) is 0 Å². The Labute approximate surface area is 161 Å². The fourth-order valence-corrected chi connectivity index (χ4v) is 3.29. The van der Waals surface area contributed by atoms with Gasteiger partial charge in [-0.05, 0) is 34.4 Å². The third-order valence-corrected chi connectivity index (χ3v) is 4.47. The highest BCUT2D eigenvalue weighted by molar-refractivity contribution is 6.17. The molecule has 148 valence electrons. The predicted molar refractivity (Wildman–Crippen MR) is 90.5 cm³/mol. The minimum Gasteiger partial charge on any atom is -0.372 e. The van der Waals surface area contributed by atoms with Gasteiger partial charge in [0.05, 0.1) is 24.3 Å². The first-order chi connectivity index (χ1) is 12.6. The number of rotatable bonds is 6. The van der Waals surface area contributed by atoms with Crippen LogP contribution >= 0.6 is 23.2 Å². The molecule has 1 nitrogen and oxygen atoms in total. The molecule has 0 unspecified atom stereocenters. The molecule has 0 spiro atoms. The zero-order valence-electron chi connectivity index (χ0n) is 13.7. The van der Waals surface area contributed by atoms with Gasteiger partial charge in [-0.1, -0.05) is 24.3 Å². The lowest BCUT2D eigenvalue weighted by Gasteiger charge is -2.17. The maximum absolute atomic E-state index is 13.0. The summed E-state index contributed by atoms with van der Waals surface area (Å²) < 4.78 is 83.6. The van der Waals surface area contributed by atoms with Gasteiger partial charge in [0.25, 0.3) is 0 Å². The normalized spacial score (nSPS) is 12.4. The van der Waals surface area contributed by atoms with Crippen molar-refractivity contribution in [2.75, 3.05) is 0 Å². The van der Waals surface area contributed by atoms with E-state index in [1.807, 2.05) is 0 Å². The minimum atomic E-state index is -4.56. The van der Waals surface area contributed by atoms with Gasteiger partial charge in [0, 0.05) is 11.8 Å². The second-order valence-electron chi connectivity index (χ2n) is 5.64. The molecule has 0 radical (unpaired) electrons. The molecular formula is C18H14Cl2F6O. The molecule has 0 aromatic heterocycles. The number of hydrogen-bond acceptors (Lipinski definition) is 1. The molecule has 0 aliphatic rings. The van der Waals surface area contributed by atoms with Crippen LogP contribution < -0.4 is 0 Å². The van der Waals surface area contributed by atoms with Crippen molar-refractivity contribution in [1.82, 2.24) is 0 Å². The fourth-order valence-electron chi connectivity index (χ4n) is 2.66. The van der Waals surface area contributed by atoms with Crippen molar-refractivity contribution >= 4 is 23.2 Å². The first-order valence-corrected chi connectivity index (χ1v) is 8.72. The zero-order valence-corrected chi connectivity index (χ0v) is 15.2. The van der Waals surface area contributed by atoms with Crippen LogP contribution in [0, 0.1) is 0 Å². The van der Waals surface area contributed by atoms with Gasteiger partial charge in [-0.15, -0.1) is 23.2 Å². The predicted octanol–water partition coefficient (Wildman–Crippen LogP) is 6.92. The highest BCUT2D eigenvalue weighted by Crippen LogP contribution is 2.36. The maximum Gasteiger partial charge on any atom is 0.416 e. The van der Waals surface area contributed by atoms with Gasteiger partial charge >= 0.3 is 12.4 Å². The van der Waals surface area contributed by atoms with Crippen LogP contribution in [0.15, 0.2) is 36.4 Å². The summed E-state index contributed by atoms with van der Waals surface area (Å²) >= 11 is 11.3. The molecule has 0 atom stereocenters. The van der Waals surface area contributed by atoms with Crippen molar-refractivity contribution in [1.29, 1.82) is 0 Å². The molecule has 0 bridgehead atoms. The second-order valence-corrected chi connectivity index (χ2v) is 6.18. The molecule has 9 heteroatoms. The average Bonchev–Trinajstić information content (AvgIpc) is 2.59. The van der Waals surface area contributed by atoms with E-state index in [1.165, 1.54) is 24.3 Å². The van der Waals surface area contributed by atoms with Crippen LogP contribution in [0.2, 0.25) is 0 Å². The molecule has 0 aliphatic heterocycles. The molecule has 0 aliphatic carbocycles. The maximum atomic E-state index is 13.0. The van der Waals surface area contributed by atoms with Crippen molar-refractivity contribution in [3.05, 3.63) is 69.8 Å². The standard InChI is InChI=1S/C18H14Cl2F6O/c19-7-13-11(3-1-5-15(13)17(21,22)23)9-27-10-12-4-2-6-16(14(12)8-20)18(24,25)26/h1-6H,7-10H2. The number of ether oxygens (including phenoxy) is 1. The van der Waals surface area contributed by atoms with E-state index < -0.39 is 23.5 Å². The van der Waals surface area contributed by atoms with Gasteiger partial charge in [-0.2, -0.15) is 26.3 Å². The summed E-state index contributed by atoms with van der Waals surface area (Å²) in [6.07, 6.45) is -9.12. The minimum absolute atomic E-state index is 0.117. The molecule has 0 saturated heterocycles. The number of halogens is 8. The zero-order chi connectivity index (χ0) is 20.2. The lowest BCUT2D eigenvalue weighted by Crippen LogP contribution is -2.12. The fraction of sp³-hybridized carbons (Fsp3) is 0.333. The molecule has 2 aromatic carbocycles. The number of hydrogen-bond donors (Lipinski definition) is 0. The average molecular weight is 431 g/mol. The van der Waals surface area contributed by atoms with Crippen molar-refractivity contribution in [3.63, 3.8) is 0 Å². The van der Waals surface area contributed by atoms with E-state index in [-0.39, 0.29) is 47.2 Å². The Morgan fingerprint density at radius 2 is 1.04 bits per heavy atom. The molecule has 0 amide bonds. The van der Waals surface area contributed by atoms with E-state index >= 15 is 0 Å². The monoisotopic (exact) mass is 430 g/mol. The van der Waals surface area contributed by atoms with Crippen LogP contribution in [0.3, 0.4) is 0 Å². The van der Waals surface area contributed by atoms with Gasteiger partial charge in [0.1, 0.15) is 0 Å². The van der Waals surface area contributed by atoms with Crippen LogP contribution in [-0.4, -0.2) is 0 Å². The molecule has 0 fully saturated rings. The van der Waals surface area contributed by atoms with E-state index in [0.29, 0.717) is 0 Å². The largest absolute Gasteiger partial charge is 0.416 e. The Morgan fingerprint density at radius 3 is 1.33 bits per heavy atom. The summed E-state index contributed by atoms with van der Waals surface area (Å²) in [5, 5.41) is 0. The van der Waals surface area contributed by atoms with E-state index in [1.54, 1.807) is 0 Å². The van der Waals surface area contributed by atoms with Gasteiger partial charge < -0.3 is 4.74 Å². The summed E-state index contributed by atoms with van der Waals surface area (Å²) in [5.41, 5.74) is -1.52. The molecule has 2 aromatic rings. The van der Waals surface area contributed by atoms with Crippen molar-refractivity contribution in [2.45, 2.75) is 37.3 Å². The summed E-state index contributed by atoms with van der Waals surface area (Å²) in [6, 6.07) is 7.15. The molecule has 0 saturated carbocycles. The topological polar surface area (TPSA) is 9.23 Å². The molecule has 0 N–H and O–H groups in total. The second kappa shape index (κ2) is 8.71. The first kappa shape index (κ1) is 21.9. The molecule has 0 heterocycles. The Balaban J connectivity index is 2.21. The third-order valence-electron chi connectivity index (χ3n) is 3.94. The van der Waals surface area contributed by atoms with Gasteiger partial charge in [-0.25, -0.2) is 0 Å². The Bertz CT molecular complexity index is 721. The molecular weight excluding hydrogens is 417 g/mol. The van der Waals surface area contributed by atoms with Crippen molar-refractivity contribution < 1.29 is 31.1 Å². The summed E-state index contributed by atoms with van der Waals surface area (Å²) in [6.45, 7) is -0.464. The highest BCUT2D eigenvalue weighted by atomic mass is 35.5. The van der Waals surface area contributed by atoms with Crippen LogP contribution in [0.4, 0.5) is 26.3 Å². The SMILES string of the molecule is FC(F)(F)c1cccc(COCc2cccc(C(F)(F)F)c2CCl)c1CCl. The summed E-state index contributed by atoms with van der Waals surface area (Å²) in [4.78, 5) is 0. The van der Waals surface area contributed by atoms with Gasteiger partial charge in [-0.3, -0.25) is 0 Å².